The van der Waals surface area contributed by atoms with Gasteiger partial charge in [0, 0.05) is 19.6 Å². The molecule has 21 heavy (non-hydrogen) atoms. The molecule has 1 saturated heterocycles. The van der Waals surface area contributed by atoms with Crippen LogP contribution >= 0.6 is 27.5 Å². The van der Waals surface area contributed by atoms with E-state index in [0.717, 1.165) is 40.6 Å². The standard InChI is InChI=1S/C17H25BrClNO/c1-12-8-15(18)17(16(19)9-12)21-6-4-5-20-10-13(2)7-14(3)11-20/h8-9,13-14H,4-7,10-11H2,1-3H3/t13-,14-/m0/s1. The number of benzene rings is 1. The van der Waals surface area contributed by atoms with Crippen molar-refractivity contribution >= 4 is 27.5 Å². The van der Waals surface area contributed by atoms with E-state index >= 15 is 0 Å². The topological polar surface area (TPSA) is 12.5 Å². The molecule has 0 aliphatic carbocycles. The van der Waals surface area contributed by atoms with Crippen LogP contribution in [0, 0.1) is 18.8 Å². The Morgan fingerprint density at radius 2 is 1.95 bits per heavy atom. The molecule has 0 unspecified atom stereocenters. The molecule has 1 aromatic carbocycles. The number of ether oxygens (including phenoxy) is 1. The number of nitrogens with zero attached hydrogens (tertiary/aromatic N) is 1. The monoisotopic (exact) mass is 373 g/mol. The van der Waals surface area contributed by atoms with Crippen LogP contribution in [0.5, 0.6) is 5.75 Å². The summed E-state index contributed by atoms with van der Waals surface area (Å²) in [5, 5.41) is 0.682. The third-order valence-electron chi connectivity index (χ3n) is 3.95. The highest BCUT2D eigenvalue weighted by atomic mass is 79.9. The van der Waals surface area contributed by atoms with Gasteiger partial charge in [0.2, 0.25) is 0 Å². The van der Waals surface area contributed by atoms with Crippen molar-refractivity contribution in [2.75, 3.05) is 26.2 Å². The fourth-order valence-corrected chi connectivity index (χ4v) is 4.39. The number of aryl methyl sites for hydroxylation is 1. The van der Waals surface area contributed by atoms with Crippen LogP contribution in [0.2, 0.25) is 5.02 Å². The second-order valence-electron chi connectivity index (χ2n) is 6.47. The molecule has 0 amide bonds. The third kappa shape index (κ3) is 5.15. The summed E-state index contributed by atoms with van der Waals surface area (Å²) in [4.78, 5) is 2.56. The Kier molecular flexibility index (Phi) is 6.39. The first-order chi connectivity index (χ1) is 9.95. The summed E-state index contributed by atoms with van der Waals surface area (Å²) in [7, 11) is 0. The number of halogens is 2. The molecule has 0 spiro atoms. The maximum absolute atomic E-state index is 6.24. The summed E-state index contributed by atoms with van der Waals surface area (Å²) in [6.45, 7) is 11.0. The first-order valence-corrected chi connectivity index (χ1v) is 8.93. The van der Waals surface area contributed by atoms with E-state index in [2.05, 4.69) is 34.7 Å². The lowest BCUT2D eigenvalue weighted by Gasteiger charge is -2.34. The normalized spacial score (nSPS) is 23.3. The SMILES string of the molecule is Cc1cc(Cl)c(OCCCN2C[C@@H](C)C[C@H](C)C2)c(Br)c1. The summed E-state index contributed by atoms with van der Waals surface area (Å²) in [5.74, 6) is 2.40. The molecular formula is C17H25BrClNO. The van der Waals surface area contributed by atoms with Gasteiger partial charge in [0.05, 0.1) is 16.1 Å². The van der Waals surface area contributed by atoms with E-state index in [0.29, 0.717) is 11.6 Å². The maximum atomic E-state index is 6.24. The van der Waals surface area contributed by atoms with Gasteiger partial charge in [-0.2, -0.15) is 0 Å². The molecule has 4 heteroatoms. The molecule has 2 atom stereocenters. The van der Waals surface area contributed by atoms with Gasteiger partial charge in [-0.3, -0.25) is 0 Å². The van der Waals surface area contributed by atoms with Crippen LogP contribution < -0.4 is 4.74 Å². The molecule has 1 aliphatic rings. The summed E-state index contributed by atoms with van der Waals surface area (Å²) in [6, 6.07) is 3.98. The van der Waals surface area contributed by atoms with E-state index in [1.54, 1.807) is 0 Å². The van der Waals surface area contributed by atoms with Crippen LogP contribution in [0.25, 0.3) is 0 Å². The van der Waals surface area contributed by atoms with Crippen molar-refractivity contribution in [3.63, 3.8) is 0 Å². The fourth-order valence-electron chi connectivity index (χ4n) is 3.26. The largest absolute Gasteiger partial charge is 0.491 e. The molecule has 0 aromatic heterocycles. The van der Waals surface area contributed by atoms with Gasteiger partial charge in [-0.25, -0.2) is 0 Å². The Balaban J connectivity index is 1.77. The first-order valence-electron chi connectivity index (χ1n) is 7.76. The minimum Gasteiger partial charge on any atom is -0.491 e. The zero-order valence-corrected chi connectivity index (χ0v) is 15.5. The van der Waals surface area contributed by atoms with Crippen molar-refractivity contribution in [3.8, 4) is 5.75 Å². The second-order valence-corrected chi connectivity index (χ2v) is 7.73. The maximum Gasteiger partial charge on any atom is 0.152 e. The molecule has 1 aromatic rings. The molecule has 0 N–H and O–H groups in total. The second kappa shape index (κ2) is 7.85. The van der Waals surface area contributed by atoms with Gasteiger partial charge in [0.25, 0.3) is 0 Å². The van der Waals surface area contributed by atoms with E-state index in [-0.39, 0.29) is 0 Å². The average molecular weight is 375 g/mol. The van der Waals surface area contributed by atoms with Gasteiger partial charge < -0.3 is 9.64 Å². The summed E-state index contributed by atoms with van der Waals surface area (Å²) in [6.07, 6.45) is 2.40. The zero-order valence-electron chi connectivity index (χ0n) is 13.2. The highest BCUT2D eigenvalue weighted by Crippen LogP contribution is 2.34. The lowest BCUT2D eigenvalue weighted by Crippen LogP contribution is -2.39. The van der Waals surface area contributed by atoms with E-state index in [9.17, 15) is 0 Å². The number of likely N-dealkylation sites (tertiary alicyclic amines) is 1. The number of hydrogen-bond donors (Lipinski definition) is 0. The van der Waals surface area contributed by atoms with E-state index in [4.69, 9.17) is 16.3 Å². The first kappa shape index (κ1) is 17.1. The lowest BCUT2D eigenvalue weighted by atomic mass is 9.92. The van der Waals surface area contributed by atoms with E-state index in [1.807, 2.05) is 19.1 Å². The number of hydrogen-bond acceptors (Lipinski definition) is 2. The highest BCUT2D eigenvalue weighted by molar-refractivity contribution is 9.10. The smallest absolute Gasteiger partial charge is 0.152 e. The van der Waals surface area contributed by atoms with Crippen LogP contribution in [0.15, 0.2) is 16.6 Å². The van der Waals surface area contributed by atoms with Crippen LogP contribution in [0.3, 0.4) is 0 Å². The number of rotatable bonds is 5. The molecule has 1 aliphatic heterocycles. The van der Waals surface area contributed by atoms with E-state index in [1.165, 1.54) is 19.5 Å². The Hall–Kier alpha value is -0.250. The Labute approximate surface area is 141 Å². The molecule has 118 valence electrons. The lowest BCUT2D eigenvalue weighted by molar-refractivity contribution is 0.132. The average Bonchev–Trinajstić information content (AvgIpc) is 2.35. The molecule has 1 fully saturated rings. The van der Waals surface area contributed by atoms with Crippen LogP contribution in [-0.4, -0.2) is 31.1 Å². The minimum atomic E-state index is 0.682. The zero-order chi connectivity index (χ0) is 15.4. The Morgan fingerprint density at radius 1 is 1.29 bits per heavy atom. The predicted molar refractivity (Wildman–Crippen MR) is 93.4 cm³/mol. The van der Waals surface area contributed by atoms with Gasteiger partial charge in [0.1, 0.15) is 0 Å². The predicted octanol–water partition coefficient (Wildman–Crippen LogP) is 5.16. The van der Waals surface area contributed by atoms with Gasteiger partial charge >= 0.3 is 0 Å². The van der Waals surface area contributed by atoms with Crippen molar-refractivity contribution < 1.29 is 4.74 Å². The summed E-state index contributed by atoms with van der Waals surface area (Å²) < 4.78 is 6.80. The molecular weight excluding hydrogens is 350 g/mol. The van der Waals surface area contributed by atoms with Crippen LogP contribution in [0.1, 0.15) is 32.3 Å². The van der Waals surface area contributed by atoms with Gasteiger partial charge in [-0.05, 0) is 65.2 Å². The summed E-state index contributed by atoms with van der Waals surface area (Å²) in [5.41, 5.74) is 1.13. The highest BCUT2D eigenvalue weighted by Gasteiger charge is 2.21. The minimum absolute atomic E-state index is 0.682. The molecule has 2 nitrogen and oxygen atoms in total. The molecule has 0 bridgehead atoms. The third-order valence-corrected chi connectivity index (χ3v) is 4.82. The van der Waals surface area contributed by atoms with Gasteiger partial charge in [-0.15, -0.1) is 0 Å². The van der Waals surface area contributed by atoms with Crippen molar-refractivity contribution in [2.45, 2.75) is 33.6 Å². The Bertz CT molecular complexity index is 447. The van der Waals surface area contributed by atoms with Gasteiger partial charge in [0.15, 0.2) is 5.75 Å². The van der Waals surface area contributed by atoms with Crippen molar-refractivity contribution in [1.29, 1.82) is 0 Å². The fraction of sp³-hybridized carbons (Fsp3) is 0.647. The molecule has 2 rings (SSSR count). The molecule has 0 saturated carbocycles. The van der Waals surface area contributed by atoms with Crippen molar-refractivity contribution in [3.05, 3.63) is 27.2 Å². The van der Waals surface area contributed by atoms with Gasteiger partial charge in [-0.1, -0.05) is 25.4 Å². The molecule has 1 heterocycles. The van der Waals surface area contributed by atoms with Crippen molar-refractivity contribution in [2.24, 2.45) is 11.8 Å². The van der Waals surface area contributed by atoms with Crippen LogP contribution in [-0.2, 0) is 0 Å². The Morgan fingerprint density at radius 3 is 2.57 bits per heavy atom. The van der Waals surface area contributed by atoms with E-state index < -0.39 is 0 Å². The number of piperidine rings is 1. The quantitative estimate of drug-likeness (QED) is 0.660. The summed E-state index contributed by atoms with van der Waals surface area (Å²) >= 11 is 9.76. The van der Waals surface area contributed by atoms with Crippen molar-refractivity contribution in [1.82, 2.24) is 4.90 Å². The molecule has 0 radical (unpaired) electrons. The van der Waals surface area contributed by atoms with Crippen LogP contribution in [0.4, 0.5) is 0 Å².